The number of benzene rings is 1. The average Bonchev–Trinajstić information content (AvgIpc) is 3.35. The van der Waals surface area contributed by atoms with Gasteiger partial charge < -0.3 is 14.1 Å². The molecular weight excluding hydrogens is 416 g/mol. The van der Waals surface area contributed by atoms with Gasteiger partial charge in [0.1, 0.15) is 22.2 Å². The molecular formula is C20H17ClN2O3S2. The number of fused-ring (bicyclic) bond motifs is 1. The van der Waals surface area contributed by atoms with Gasteiger partial charge in [-0.3, -0.25) is 4.79 Å². The summed E-state index contributed by atoms with van der Waals surface area (Å²) in [6.45, 7) is 2.02. The van der Waals surface area contributed by atoms with Crippen molar-refractivity contribution in [1.82, 2.24) is 9.97 Å². The first-order valence-electron chi connectivity index (χ1n) is 8.56. The maximum Gasteiger partial charge on any atom is 0.260 e. The minimum atomic E-state index is -0.152. The molecule has 0 amide bonds. The molecule has 1 atom stereocenters. The zero-order valence-corrected chi connectivity index (χ0v) is 17.6. The molecule has 0 fully saturated rings. The summed E-state index contributed by atoms with van der Waals surface area (Å²) in [5, 5.41) is 3.14. The molecule has 0 spiro atoms. The highest BCUT2D eigenvalue weighted by molar-refractivity contribution is 7.98. The summed E-state index contributed by atoms with van der Waals surface area (Å²) >= 11 is 9.21. The third-order valence-electron chi connectivity index (χ3n) is 4.37. The molecule has 8 heteroatoms. The number of hydrogen-bond acceptors (Lipinski definition) is 6. The quantitative estimate of drug-likeness (QED) is 0.410. The van der Waals surface area contributed by atoms with Gasteiger partial charge in [0.05, 0.1) is 24.0 Å². The first-order chi connectivity index (χ1) is 13.6. The summed E-state index contributed by atoms with van der Waals surface area (Å²) in [6.07, 6.45) is 1.59. The Hall–Kier alpha value is -2.22. The van der Waals surface area contributed by atoms with E-state index < -0.39 is 0 Å². The summed E-state index contributed by atoms with van der Waals surface area (Å²) in [5.41, 5.74) is 1.63. The molecule has 0 aliphatic rings. The van der Waals surface area contributed by atoms with E-state index in [0.717, 1.165) is 16.9 Å². The van der Waals surface area contributed by atoms with Gasteiger partial charge >= 0.3 is 0 Å². The second-order valence-corrected chi connectivity index (χ2v) is 8.79. The van der Waals surface area contributed by atoms with Crippen molar-refractivity contribution in [1.29, 1.82) is 0 Å². The number of H-pyrrole nitrogens is 1. The van der Waals surface area contributed by atoms with Crippen LogP contribution < -0.4 is 10.3 Å². The highest BCUT2D eigenvalue weighted by atomic mass is 35.5. The zero-order chi connectivity index (χ0) is 19.7. The molecule has 0 saturated carbocycles. The zero-order valence-electron chi connectivity index (χ0n) is 15.2. The lowest BCUT2D eigenvalue weighted by Crippen LogP contribution is -2.12. The third-order valence-corrected chi connectivity index (χ3v) is 6.67. The largest absolute Gasteiger partial charge is 0.496 e. The van der Waals surface area contributed by atoms with Crippen molar-refractivity contribution in [3.8, 4) is 17.1 Å². The van der Waals surface area contributed by atoms with Gasteiger partial charge in [0.25, 0.3) is 5.56 Å². The van der Waals surface area contributed by atoms with Gasteiger partial charge in [0, 0.05) is 27.3 Å². The molecule has 4 rings (SSSR count). The molecule has 3 aromatic heterocycles. The fourth-order valence-electron chi connectivity index (χ4n) is 2.92. The summed E-state index contributed by atoms with van der Waals surface area (Å²) in [4.78, 5) is 21.0. The number of aromatic amines is 1. The van der Waals surface area contributed by atoms with Gasteiger partial charge in [-0.05, 0) is 37.3 Å². The summed E-state index contributed by atoms with van der Waals surface area (Å²) in [7, 11) is 1.64. The molecule has 0 saturated heterocycles. The van der Waals surface area contributed by atoms with E-state index in [1.165, 1.54) is 11.3 Å². The average molecular weight is 433 g/mol. The highest BCUT2D eigenvalue weighted by Crippen LogP contribution is 2.35. The van der Waals surface area contributed by atoms with E-state index in [4.69, 9.17) is 20.8 Å². The smallest absolute Gasteiger partial charge is 0.260 e. The Kier molecular flexibility index (Phi) is 5.48. The lowest BCUT2D eigenvalue weighted by atomic mass is 10.2. The Morgan fingerprint density at radius 3 is 3.00 bits per heavy atom. The topological polar surface area (TPSA) is 68.1 Å². The van der Waals surface area contributed by atoms with Gasteiger partial charge in [0.2, 0.25) is 0 Å². The Balaban J connectivity index is 1.59. The second kappa shape index (κ2) is 8.03. The minimum absolute atomic E-state index is 0.00468. The second-order valence-electron chi connectivity index (χ2n) is 6.17. The number of methoxy groups -OCH3 is 1. The number of thiophene rings is 1. The number of furan rings is 1. The Labute approximate surface area is 174 Å². The number of rotatable bonds is 6. The van der Waals surface area contributed by atoms with Crippen LogP contribution in [0, 0.1) is 0 Å². The van der Waals surface area contributed by atoms with Crippen LogP contribution in [-0.4, -0.2) is 17.1 Å². The third kappa shape index (κ3) is 3.70. The molecule has 0 aliphatic carbocycles. The molecule has 1 unspecified atom stereocenters. The molecule has 144 valence electrons. The summed E-state index contributed by atoms with van der Waals surface area (Å²) in [5.74, 6) is 2.80. The van der Waals surface area contributed by atoms with E-state index in [1.807, 2.05) is 30.5 Å². The first-order valence-corrected chi connectivity index (χ1v) is 10.9. The fraction of sp³-hybridized carbons (Fsp3) is 0.200. The van der Waals surface area contributed by atoms with Crippen LogP contribution in [0.15, 0.2) is 51.2 Å². The van der Waals surface area contributed by atoms with E-state index in [1.54, 1.807) is 37.3 Å². The summed E-state index contributed by atoms with van der Waals surface area (Å²) in [6, 6.07) is 9.20. The van der Waals surface area contributed by atoms with Crippen molar-refractivity contribution in [2.45, 2.75) is 17.9 Å². The lowest BCUT2D eigenvalue weighted by Gasteiger charge is -2.13. The van der Waals surface area contributed by atoms with E-state index in [-0.39, 0.29) is 10.8 Å². The Bertz CT molecular complexity index is 1170. The predicted molar refractivity (Wildman–Crippen MR) is 116 cm³/mol. The van der Waals surface area contributed by atoms with Crippen LogP contribution in [-0.2, 0) is 5.75 Å². The van der Waals surface area contributed by atoms with Crippen molar-refractivity contribution in [3.63, 3.8) is 0 Å². The molecule has 1 aromatic carbocycles. The number of nitrogens with one attached hydrogen (secondary N) is 1. The van der Waals surface area contributed by atoms with Crippen molar-refractivity contribution >= 4 is 44.9 Å². The number of thioether (sulfide) groups is 1. The van der Waals surface area contributed by atoms with Gasteiger partial charge in [-0.2, -0.15) is 0 Å². The Morgan fingerprint density at radius 1 is 1.39 bits per heavy atom. The van der Waals surface area contributed by atoms with Gasteiger partial charge in [-0.25, -0.2) is 4.98 Å². The lowest BCUT2D eigenvalue weighted by molar-refractivity contribution is 0.411. The van der Waals surface area contributed by atoms with Gasteiger partial charge in [-0.15, -0.1) is 23.1 Å². The van der Waals surface area contributed by atoms with E-state index in [2.05, 4.69) is 9.97 Å². The maximum absolute atomic E-state index is 12.7. The molecule has 0 bridgehead atoms. The maximum atomic E-state index is 12.7. The standard InChI is InChI=1S/C20H17ClN2O3S2/c1-11(27-9-12-8-13(21)5-6-15(12)25-2)18-22-19(24)17-14(10-28-20(17)23-18)16-4-3-7-26-16/h3-8,10-11H,9H2,1-2H3,(H,22,23,24). The van der Waals surface area contributed by atoms with Crippen LogP contribution in [0.1, 0.15) is 23.6 Å². The number of hydrogen-bond donors (Lipinski definition) is 1. The molecule has 0 aliphatic heterocycles. The van der Waals surface area contributed by atoms with Crippen molar-refractivity contribution in [3.05, 3.63) is 68.7 Å². The molecule has 0 radical (unpaired) electrons. The molecule has 5 nitrogen and oxygen atoms in total. The highest BCUT2D eigenvalue weighted by Gasteiger charge is 2.18. The summed E-state index contributed by atoms with van der Waals surface area (Å²) < 4.78 is 10.8. The molecule has 28 heavy (non-hydrogen) atoms. The first kappa shape index (κ1) is 19.1. The Morgan fingerprint density at radius 2 is 2.25 bits per heavy atom. The van der Waals surface area contributed by atoms with Crippen LogP contribution in [0.2, 0.25) is 5.02 Å². The van der Waals surface area contributed by atoms with Crippen molar-refractivity contribution in [2.75, 3.05) is 7.11 Å². The van der Waals surface area contributed by atoms with E-state index in [0.29, 0.717) is 32.6 Å². The minimum Gasteiger partial charge on any atom is -0.496 e. The van der Waals surface area contributed by atoms with Crippen molar-refractivity contribution in [2.24, 2.45) is 0 Å². The van der Waals surface area contributed by atoms with Gasteiger partial charge in [0.15, 0.2) is 0 Å². The SMILES string of the molecule is COc1ccc(Cl)cc1CSC(C)c1nc2scc(-c3ccco3)c2c(=O)[nH]1. The fourth-order valence-corrected chi connectivity index (χ4v) is 4.98. The number of ether oxygens (including phenoxy) is 1. The number of aromatic nitrogens is 2. The molecule has 1 N–H and O–H groups in total. The number of halogens is 1. The van der Waals surface area contributed by atoms with Crippen LogP contribution in [0.25, 0.3) is 21.5 Å². The van der Waals surface area contributed by atoms with Gasteiger partial charge in [-0.1, -0.05) is 11.6 Å². The monoisotopic (exact) mass is 432 g/mol. The normalized spacial score (nSPS) is 12.4. The predicted octanol–water partition coefficient (Wildman–Crippen LogP) is 5.90. The molecule has 4 aromatic rings. The molecule has 3 heterocycles. The van der Waals surface area contributed by atoms with E-state index >= 15 is 0 Å². The number of nitrogens with zero attached hydrogens (tertiary/aromatic N) is 1. The van der Waals surface area contributed by atoms with Crippen LogP contribution in [0.3, 0.4) is 0 Å². The van der Waals surface area contributed by atoms with E-state index in [9.17, 15) is 4.79 Å². The van der Waals surface area contributed by atoms with Crippen LogP contribution >= 0.6 is 34.7 Å². The van der Waals surface area contributed by atoms with Crippen LogP contribution in [0.5, 0.6) is 5.75 Å². The van der Waals surface area contributed by atoms with Crippen LogP contribution in [0.4, 0.5) is 0 Å². The van der Waals surface area contributed by atoms with Crippen molar-refractivity contribution < 1.29 is 9.15 Å².